The molecule has 0 aliphatic rings. The number of anilines is 1. The lowest BCUT2D eigenvalue weighted by atomic mass is 10.2. The number of ether oxygens (including phenoxy) is 1. The van der Waals surface area contributed by atoms with Crippen molar-refractivity contribution >= 4 is 17.9 Å². The van der Waals surface area contributed by atoms with Crippen molar-refractivity contribution in [3.8, 4) is 5.75 Å². The maximum absolute atomic E-state index is 10.6. The summed E-state index contributed by atoms with van der Waals surface area (Å²) in [5.74, 6) is 0.887. The first-order valence-corrected chi connectivity index (χ1v) is 7.27. The quantitative estimate of drug-likeness (QED) is 0.414. The molecule has 2 N–H and O–H groups in total. The Morgan fingerprint density at radius 2 is 2.28 bits per heavy atom. The van der Waals surface area contributed by atoms with Gasteiger partial charge in [-0.15, -0.1) is 0 Å². The van der Waals surface area contributed by atoms with Crippen LogP contribution in [0.2, 0.25) is 0 Å². The van der Waals surface area contributed by atoms with E-state index >= 15 is 0 Å². The average molecular weight is 341 g/mol. The van der Waals surface area contributed by atoms with Gasteiger partial charge in [-0.1, -0.05) is 12.1 Å². The number of nitrogens with two attached hydrogens (primary N) is 1. The molecule has 0 atom stereocenters. The molecule has 128 valence electrons. The lowest BCUT2D eigenvalue weighted by molar-refractivity contribution is -0.385. The van der Waals surface area contributed by atoms with Gasteiger partial charge in [0.1, 0.15) is 18.1 Å². The van der Waals surface area contributed by atoms with Crippen molar-refractivity contribution in [3.63, 3.8) is 0 Å². The van der Waals surface area contributed by atoms with Crippen LogP contribution in [0, 0.1) is 17.0 Å². The SMILES string of the molecule is Cc1cn(N=Cc2cccc(OCn3cc([N+](=O)[O-])cn3)c2)c(N)n1. The number of aryl methyl sites for hydroxylation is 1. The van der Waals surface area contributed by atoms with Gasteiger partial charge in [0, 0.05) is 0 Å². The third kappa shape index (κ3) is 3.99. The number of nitrogens with zero attached hydrogens (tertiary/aromatic N) is 6. The van der Waals surface area contributed by atoms with Crippen LogP contribution in [0.25, 0.3) is 0 Å². The Kier molecular flexibility index (Phi) is 4.42. The van der Waals surface area contributed by atoms with Crippen molar-refractivity contribution in [1.29, 1.82) is 0 Å². The summed E-state index contributed by atoms with van der Waals surface area (Å²) in [6.45, 7) is 1.89. The summed E-state index contributed by atoms with van der Waals surface area (Å²) in [5.41, 5.74) is 7.22. The fourth-order valence-corrected chi connectivity index (χ4v) is 2.07. The Bertz CT molecular complexity index is 929. The summed E-state index contributed by atoms with van der Waals surface area (Å²) >= 11 is 0. The zero-order valence-corrected chi connectivity index (χ0v) is 13.3. The molecule has 0 fully saturated rings. The Morgan fingerprint density at radius 1 is 1.44 bits per heavy atom. The van der Waals surface area contributed by atoms with E-state index in [4.69, 9.17) is 10.5 Å². The van der Waals surface area contributed by atoms with E-state index < -0.39 is 4.92 Å². The molecule has 0 unspecified atom stereocenters. The van der Waals surface area contributed by atoms with Crippen molar-refractivity contribution < 1.29 is 9.66 Å². The second kappa shape index (κ2) is 6.83. The smallest absolute Gasteiger partial charge is 0.307 e. The van der Waals surface area contributed by atoms with Crippen LogP contribution in [0.5, 0.6) is 5.75 Å². The summed E-state index contributed by atoms with van der Waals surface area (Å²) < 4.78 is 8.40. The van der Waals surface area contributed by atoms with Crippen LogP contribution >= 0.6 is 0 Å². The maximum Gasteiger partial charge on any atom is 0.307 e. The van der Waals surface area contributed by atoms with Gasteiger partial charge in [0.15, 0.2) is 6.73 Å². The first-order valence-electron chi connectivity index (χ1n) is 7.27. The van der Waals surface area contributed by atoms with E-state index in [0.717, 1.165) is 11.3 Å². The first-order chi connectivity index (χ1) is 12.0. The molecule has 0 aliphatic heterocycles. The summed E-state index contributed by atoms with van der Waals surface area (Å²) in [6.07, 6.45) is 5.82. The Labute approximate surface area is 142 Å². The lowest BCUT2D eigenvalue weighted by Crippen LogP contribution is -2.05. The molecule has 0 radical (unpaired) electrons. The zero-order chi connectivity index (χ0) is 17.8. The third-order valence-electron chi connectivity index (χ3n) is 3.22. The summed E-state index contributed by atoms with van der Waals surface area (Å²) in [7, 11) is 0. The van der Waals surface area contributed by atoms with Gasteiger partial charge in [-0.2, -0.15) is 10.2 Å². The molecule has 0 aliphatic carbocycles. The van der Waals surface area contributed by atoms with Crippen molar-refractivity contribution in [2.45, 2.75) is 13.7 Å². The number of imidazole rings is 1. The van der Waals surface area contributed by atoms with E-state index in [9.17, 15) is 10.1 Å². The molecule has 2 aromatic heterocycles. The highest BCUT2D eigenvalue weighted by Crippen LogP contribution is 2.14. The van der Waals surface area contributed by atoms with Gasteiger partial charge in [-0.05, 0) is 24.6 Å². The molecule has 2 heterocycles. The van der Waals surface area contributed by atoms with Gasteiger partial charge in [-0.3, -0.25) is 10.1 Å². The number of benzene rings is 1. The number of nitro groups is 1. The molecule has 25 heavy (non-hydrogen) atoms. The van der Waals surface area contributed by atoms with Gasteiger partial charge in [-0.25, -0.2) is 14.3 Å². The van der Waals surface area contributed by atoms with Crippen molar-refractivity contribution in [2.75, 3.05) is 5.73 Å². The fraction of sp³-hybridized carbons (Fsp3) is 0.133. The van der Waals surface area contributed by atoms with E-state index in [2.05, 4.69) is 15.2 Å². The van der Waals surface area contributed by atoms with Crippen molar-refractivity contribution in [3.05, 3.63) is 64.2 Å². The molecular weight excluding hydrogens is 326 g/mol. The van der Waals surface area contributed by atoms with Crippen LogP contribution in [-0.4, -0.2) is 30.6 Å². The van der Waals surface area contributed by atoms with Gasteiger partial charge in [0.2, 0.25) is 5.95 Å². The summed E-state index contributed by atoms with van der Waals surface area (Å²) in [6, 6.07) is 7.21. The van der Waals surface area contributed by atoms with Crippen molar-refractivity contribution in [2.24, 2.45) is 5.10 Å². The molecule has 3 aromatic rings. The molecule has 0 spiro atoms. The second-order valence-electron chi connectivity index (χ2n) is 5.17. The monoisotopic (exact) mass is 341 g/mol. The normalized spacial score (nSPS) is 11.1. The molecule has 1 aromatic carbocycles. The van der Waals surface area contributed by atoms with E-state index in [1.807, 2.05) is 19.1 Å². The van der Waals surface area contributed by atoms with Gasteiger partial charge in [0.05, 0.1) is 23.0 Å². The predicted octanol–water partition coefficient (Wildman–Crippen LogP) is 1.80. The Hall–Kier alpha value is -3.69. The predicted molar refractivity (Wildman–Crippen MR) is 90.3 cm³/mol. The fourth-order valence-electron chi connectivity index (χ4n) is 2.07. The molecule has 0 saturated heterocycles. The summed E-state index contributed by atoms with van der Waals surface area (Å²) in [4.78, 5) is 14.2. The van der Waals surface area contributed by atoms with Crippen LogP contribution in [0.1, 0.15) is 11.3 Å². The average Bonchev–Trinajstić information content (AvgIpc) is 3.18. The van der Waals surface area contributed by atoms with Crippen LogP contribution < -0.4 is 10.5 Å². The highest BCUT2D eigenvalue weighted by atomic mass is 16.6. The maximum atomic E-state index is 10.6. The lowest BCUT2D eigenvalue weighted by Gasteiger charge is -2.06. The second-order valence-corrected chi connectivity index (χ2v) is 5.17. The molecule has 0 bridgehead atoms. The molecule has 10 heteroatoms. The highest BCUT2D eigenvalue weighted by molar-refractivity contribution is 5.80. The number of nitrogen functional groups attached to an aromatic ring is 1. The van der Waals surface area contributed by atoms with Crippen LogP contribution in [-0.2, 0) is 6.73 Å². The van der Waals surface area contributed by atoms with E-state index in [1.54, 1.807) is 24.5 Å². The first kappa shape index (κ1) is 16.2. The number of hydrogen-bond acceptors (Lipinski definition) is 7. The standard InChI is InChI=1S/C15H15N7O3/c1-11-8-21(15(16)19-11)18-6-12-3-2-4-14(5-12)25-10-20-9-13(7-17-20)22(23)24/h2-9H,10H2,1H3,(H2,16,19). The minimum Gasteiger partial charge on any atom is -0.471 e. The van der Waals surface area contributed by atoms with Crippen LogP contribution in [0.4, 0.5) is 11.6 Å². The third-order valence-corrected chi connectivity index (χ3v) is 3.22. The van der Waals surface area contributed by atoms with Crippen LogP contribution in [0.3, 0.4) is 0 Å². The number of hydrogen-bond donors (Lipinski definition) is 1. The topological polar surface area (TPSA) is 126 Å². The van der Waals surface area contributed by atoms with Gasteiger partial charge < -0.3 is 10.5 Å². The minimum atomic E-state index is -0.510. The number of rotatable bonds is 6. The van der Waals surface area contributed by atoms with Crippen LogP contribution in [0.15, 0.2) is 48.0 Å². The van der Waals surface area contributed by atoms with Gasteiger partial charge >= 0.3 is 5.69 Å². The molecule has 10 nitrogen and oxygen atoms in total. The van der Waals surface area contributed by atoms with E-state index in [-0.39, 0.29) is 12.4 Å². The molecular formula is C15H15N7O3. The number of aromatic nitrogens is 4. The van der Waals surface area contributed by atoms with Gasteiger partial charge in [0.25, 0.3) is 0 Å². The summed E-state index contributed by atoms with van der Waals surface area (Å²) in [5, 5.41) is 18.7. The Morgan fingerprint density at radius 3 is 2.96 bits per heavy atom. The van der Waals surface area contributed by atoms with Crippen molar-refractivity contribution in [1.82, 2.24) is 19.4 Å². The Balaban J connectivity index is 1.66. The zero-order valence-electron chi connectivity index (χ0n) is 13.3. The molecule has 0 amide bonds. The highest BCUT2D eigenvalue weighted by Gasteiger charge is 2.08. The van der Waals surface area contributed by atoms with E-state index in [1.165, 1.54) is 21.8 Å². The largest absolute Gasteiger partial charge is 0.471 e. The minimum absolute atomic E-state index is 0.0576. The molecule has 3 rings (SSSR count). The molecule has 0 saturated carbocycles. The van der Waals surface area contributed by atoms with E-state index in [0.29, 0.717) is 11.7 Å².